The predicted octanol–water partition coefficient (Wildman–Crippen LogP) is 3.37. The molecule has 1 amide bonds. The number of nitrogens with zero attached hydrogens (tertiary/aromatic N) is 2. The van der Waals surface area contributed by atoms with Crippen molar-refractivity contribution in [1.82, 2.24) is 20.2 Å². The SMILES string of the molecule is COCCOc1ccc(C(=O)Nc2cc(-c3nc4ccccc4[nH]3)[nH]n2)cc1F. The van der Waals surface area contributed by atoms with Crippen molar-refractivity contribution in [2.45, 2.75) is 0 Å². The van der Waals surface area contributed by atoms with Crippen LogP contribution in [0, 0.1) is 5.82 Å². The van der Waals surface area contributed by atoms with Crippen LogP contribution >= 0.6 is 0 Å². The van der Waals surface area contributed by atoms with Gasteiger partial charge in [0.25, 0.3) is 5.91 Å². The summed E-state index contributed by atoms with van der Waals surface area (Å²) < 4.78 is 24.2. The molecule has 0 aliphatic heterocycles. The fourth-order valence-electron chi connectivity index (χ4n) is 2.77. The zero-order valence-corrected chi connectivity index (χ0v) is 15.5. The number of fused-ring (bicyclic) bond motifs is 1. The van der Waals surface area contributed by atoms with Gasteiger partial charge < -0.3 is 19.8 Å². The van der Waals surface area contributed by atoms with Crippen molar-refractivity contribution in [3.8, 4) is 17.3 Å². The summed E-state index contributed by atoms with van der Waals surface area (Å²) in [7, 11) is 1.53. The second-order valence-corrected chi connectivity index (χ2v) is 6.21. The first-order chi connectivity index (χ1) is 14.1. The first kappa shape index (κ1) is 18.6. The number of nitrogens with one attached hydrogen (secondary N) is 3. The molecular formula is C20H18FN5O3. The maximum absolute atomic E-state index is 14.1. The van der Waals surface area contributed by atoms with Crippen LogP contribution in [0.3, 0.4) is 0 Å². The molecule has 0 bridgehead atoms. The monoisotopic (exact) mass is 395 g/mol. The highest BCUT2D eigenvalue weighted by Gasteiger charge is 2.14. The van der Waals surface area contributed by atoms with E-state index in [2.05, 4.69) is 25.5 Å². The van der Waals surface area contributed by atoms with Crippen LogP contribution in [0.1, 0.15) is 10.4 Å². The standard InChI is InChI=1S/C20H18FN5O3/c1-28-8-9-29-17-7-6-12(10-13(17)21)20(27)24-18-11-16(25-26-18)19-22-14-4-2-3-5-15(14)23-19/h2-7,10-11H,8-9H2,1H3,(H,22,23)(H2,24,25,26,27). The number of methoxy groups -OCH3 is 1. The van der Waals surface area contributed by atoms with Crippen molar-refractivity contribution in [3.63, 3.8) is 0 Å². The number of anilines is 1. The van der Waals surface area contributed by atoms with Crippen molar-refractivity contribution in [2.24, 2.45) is 0 Å². The molecule has 148 valence electrons. The Morgan fingerprint density at radius 2 is 2.03 bits per heavy atom. The Bertz CT molecular complexity index is 1120. The number of para-hydroxylation sites is 2. The van der Waals surface area contributed by atoms with Crippen LogP contribution in [0.15, 0.2) is 48.5 Å². The Morgan fingerprint density at radius 3 is 2.83 bits per heavy atom. The van der Waals surface area contributed by atoms with E-state index >= 15 is 0 Å². The lowest BCUT2D eigenvalue weighted by Gasteiger charge is -2.08. The van der Waals surface area contributed by atoms with Gasteiger partial charge in [-0.25, -0.2) is 9.37 Å². The number of aromatic amines is 2. The van der Waals surface area contributed by atoms with E-state index in [1.807, 2.05) is 24.3 Å². The third kappa shape index (κ3) is 4.09. The molecule has 4 rings (SSSR count). The molecule has 0 aliphatic carbocycles. The third-order valence-corrected chi connectivity index (χ3v) is 4.20. The first-order valence-electron chi connectivity index (χ1n) is 8.87. The Morgan fingerprint density at radius 1 is 1.17 bits per heavy atom. The molecular weight excluding hydrogens is 377 g/mol. The van der Waals surface area contributed by atoms with E-state index in [-0.39, 0.29) is 17.9 Å². The van der Waals surface area contributed by atoms with Gasteiger partial charge in [0.15, 0.2) is 23.2 Å². The zero-order chi connectivity index (χ0) is 20.2. The number of imidazole rings is 1. The molecule has 4 aromatic rings. The quantitative estimate of drug-likeness (QED) is 0.416. The lowest BCUT2D eigenvalue weighted by molar-refractivity contribution is 0.102. The van der Waals surface area contributed by atoms with Gasteiger partial charge in [-0.3, -0.25) is 9.89 Å². The van der Waals surface area contributed by atoms with Gasteiger partial charge in [0.05, 0.1) is 17.6 Å². The largest absolute Gasteiger partial charge is 0.488 e. The van der Waals surface area contributed by atoms with Crippen LogP contribution in [-0.2, 0) is 4.74 Å². The fourth-order valence-corrected chi connectivity index (χ4v) is 2.77. The predicted molar refractivity (Wildman–Crippen MR) is 105 cm³/mol. The Hall–Kier alpha value is -3.72. The lowest BCUT2D eigenvalue weighted by Crippen LogP contribution is -2.13. The summed E-state index contributed by atoms with van der Waals surface area (Å²) in [5, 5.41) is 9.52. The number of carbonyl (C=O) groups excluding carboxylic acids is 1. The minimum atomic E-state index is -0.626. The minimum Gasteiger partial charge on any atom is -0.488 e. The Labute approximate surface area is 165 Å². The molecule has 2 heterocycles. The molecule has 3 N–H and O–H groups in total. The number of halogens is 1. The number of ether oxygens (including phenoxy) is 2. The molecule has 0 saturated carbocycles. The van der Waals surface area contributed by atoms with Gasteiger partial charge in [0.2, 0.25) is 0 Å². The molecule has 0 radical (unpaired) electrons. The van der Waals surface area contributed by atoms with E-state index < -0.39 is 11.7 Å². The summed E-state index contributed by atoms with van der Waals surface area (Å²) in [5.41, 5.74) is 2.48. The van der Waals surface area contributed by atoms with Crippen LogP contribution in [0.4, 0.5) is 10.2 Å². The number of rotatable bonds is 7. The van der Waals surface area contributed by atoms with Crippen molar-refractivity contribution < 1.29 is 18.7 Å². The number of hydrogen-bond donors (Lipinski definition) is 3. The van der Waals surface area contributed by atoms with E-state index in [4.69, 9.17) is 9.47 Å². The maximum atomic E-state index is 14.1. The normalized spacial score (nSPS) is 11.0. The summed E-state index contributed by atoms with van der Waals surface area (Å²) in [6, 6.07) is 13.3. The molecule has 9 heteroatoms. The summed E-state index contributed by atoms with van der Waals surface area (Å²) in [6.07, 6.45) is 0. The van der Waals surface area contributed by atoms with Crippen LogP contribution in [0.5, 0.6) is 5.75 Å². The van der Waals surface area contributed by atoms with Crippen molar-refractivity contribution in [1.29, 1.82) is 0 Å². The number of amides is 1. The minimum absolute atomic E-state index is 0.0607. The van der Waals surface area contributed by atoms with Gasteiger partial charge in [-0.1, -0.05) is 12.1 Å². The highest BCUT2D eigenvalue weighted by atomic mass is 19.1. The molecule has 0 unspecified atom stereocenters. The number of carbonyl (C=O) groups is 1. The first-order valence-corrected chi connectivity index (χ1v) is 8.87. The number of H-pyrrole nitrogens is 2. The van der Waals surface area contributed by atoms with E-state index in [1.54, 1.807) is 6.07 Å². The molecule has 0 saturated heterocycles. The Kier molecular flexibility index (Phi) is 5.21. The lowest BCUT2D eigenvalue weighted by atomic mass is 10.2. The van der Waals surface area contributed by atoms with Gasteiger partial charge in [-0.05, 0) is 30.3 Å². The molecule has 0 atom stereocenters. The molecule has 2 aromatic heterocycles. The maximum Gasteiger partial charge on any atom is 0.256 e. The van der Waals surface area contributed by atoms with Crippen molar-refractivity contribution in [3.05, 3.63) is 59.9 Å². The Balaban J connectivity index is 1.45. The highest BCUT2D eigenvalue weighted by molar-refractivity contribution is 6.04. The van der Waals surface area contributed by atoms with Crippen LogP contribution in [-0.4, -0.2) is 46.4 Å². The second-order valence-electron chi connectivity index (χ2n) is 6.21. The van der Waals surface area contributed by atoms with E-state index in [0.717, 1.165) is 17.1 Å². The topological polar surface area (TPSA) is 105 Å². The molecule has 29 heavy (non-hydrogen) atoms. The van der Waals surface area contributed by atoms with Crippen LogP contribution < -0.4 is 10.1 Å². The van der Waals surface area contributed by atoms with E-state index in [9.17, 15) is 9.18 Å². The number of aromatic nitrogens is 4. The smallest absolute Gasteiger partial charge is 0.256 e. The fraction of sp³-hybridized carbons (Fsp3) is 0.150. The number of hydrogen-bond acceptors (Lipinski definition) is 5. The summed E-state index contributed by atoms with van der Waals surface area (Å²) in [5.74, 6) is -0.159. The van der Waals surface area contributed by atoms with E-state index in [0.29, 0.717) is 23.9 Å². The molecule has 2 aromatic carbocycles. The zero-order valence-electron chi connectivity index (χ0n) is 15.5. The average Bonchev–Trinajstić information content (AvgIpc) is 3.36. The highest BCUT2D eigenvalue weighted by Crippen LogP contribution is 2.22. The van der Waals surface area contributed by atoms with Crippen molar-refractivity contribution in [2.75, 3.05) is 25.6 Å². The van der Waals surface area contributed by atoms with Crippen LogP contribution in [0.2, 0.25) is 0 Å². The van der Waals surface area contributed by atoms with Gasteiger partial charge in [-0.15, -0.1) is 0 Å². The summed E-state index contributed by atoms with van der Waals surface area (Å²) in [4.78, 5) is 20.1. The van der Waals surface area contributed by atoms with Gasteiger partial charge in [0, 0.05) is 18.7 Å². The second kappa shape index (κ2) is 8.11. The van der Waals surface area contributed by atoms with Crippen molar-refractivity contribution >= 4 is 22.8 Å². The van der Waals surface area contributed by atoms with Gasteiger partial charge in [0.1, 0.15) is 12.3 Å². The number of benzene rings is 2. The van der Waals surface area contributed by atoms with E-state index in [1.165, 1.54) is 19.2 Å². The molecule has 0 spiro atoms. The third-order valence-electron chi connectivity index (χ3n) is 4.20. The summed E-state index contributed by atoms with van der Waals surface area (Å²) >= 11 is 0. The molecule has 0 aliphatic rings. The van der Waals surface area contributed by atoms with Gasteiger partial charge in [-0.2, -0.15) is 5.10 Å². The molecule has 8 nitrogen and oxygen atoms in total. The molecule has 0 fully saturated rings. The van der Waals surface area contributed by atoms with Gasteiger partial charge >= 0.3 is 0 Å². The average molecular weight is 395 g/mol. The van der Waals surface area contributed by atoms with Crippen LogP contribution in [0.25, 0.3) is 22.6 Å². The summed E-state index contributed by atoms with van der Waals surface area (Å²) in [6.45, 7) is 0.561.